The van der Waals surface area contributed by atoms with Gasteiger partial charge >= 0.3 is 6.18 Å². The number of guanidine groups is 1. The molecule has 0 amide bonds. The Hall–Kier alpha value is -1.56. The van der Waals surface area contributed by atoms with E-state index in [9.17, 15) is 18.3 Å². The van der Waals surface area contributed by atoms with E-state index in [1.807, 2.05) is 6.92 Å². The topological polar surface area (TPSA) is 65.9 Å². The summed E-state index contributed by atoms with van der Waals surface area (Å²) in [5.74, 6) is 0.545. The minimum atomic E-state index is -4.33. The van der Waals surface area contributed by atoms with E-state index in [2.05, 4.69) is 20.4 Å². The summed E-state index contributed by atoms with van der Waals surface area (Å²) in [5, 5.41) is 17.1. The van der Waals surface area contributed by atoms with Gasteiger partial charge < -0.3 is 20.5 Å². The molecule has 1 unspecified atom stereocenters. The summed E-state index contributed by atoms with van der Waals surface area (Å²) in [4.78, 5) is 4.47. The van der Waals surface area contributed by atoms with Crippen molar-refractivity contribution in [3.05, 3.63) is 70.2 Å². The number of aliphatic imine (C=N–C) groups is 1. The largest absolute Gasteiger partial charge is 0.411 e. The first-order valence-corrected chi connectivity index (χ1v) is 9.82. The molecule has 1 atom stereocenters. The van der Waals surface area contributed by atoms with Gasteiger partial charge in [-0.05, 0) is 35.7 Å². The van der Waals surface area contributed by atoms with E-state index in [0.29, 0.717) is 29.6 Å². The van der Waals surface area contributed by atoms with E-state index in [1.54, 1.807) is 48.5 Å². The second-order valence-electron chi connectivity index (χ2n) is 6.57. The number of halogens is 5. The molecule has 10 heteroatoms. The Morgan fingerprint density at radius 1 is 1.06 bits per heavy atom. The molecule has 0 fully saturated rings. The van der Waals surface area contributed by atoms with Gasteiger partial charge in [0.1, 0.15) is 6.61 Å². The van der Waals surface area contributed by atoms with Crippen LogP contribution in [-0.4, -0.2) is 36.9 Å². The molecule has 0 radical (unpaired) electrons. The highest BCUT2D eigenvalue weighted by atomic mass is 127. The number of hydrogen-bond acceptors (Lipinski definition) is 3. The van der Waals surface area contributed by atoms with E-state index in [0.717, 1.165) is 11.1 Å². The Morgan fingerprint density at radius 3 is 2.26 bits per heavy atom. The van der Waals surface area contributed by atoms with Crippen molar-refractivity contribution in [3.8, 4) is 0 Å². The van der Waals surface area contributed by atoms with Crippen LogP contribution in [0.5, 0.6) is 0 Å². The lowest BCUT2D eigenvalue weighted by Crippen LogP contribution is -2.39. The van der Waals surface area contributed by atoms with Crippen molar-refractivity contribution >= 4 is 41.5 Å². The number of rotatable bonds is 9. The smallest absolute Gasteiger partial charge is 0.387 e. The summed E-state index contributed by atoms with van der Waals surface area (Å²) in [6.45, 7) is 1.86. The number of ether oxygens (including phenoxy) is 1. The van der Waals surface area contributed by atoms with E-state index < -0.39 is 18.9 Å². The number of hydrogen-bond donors (Lipinski definition) is 3. The lowest BCUT2D eigenvalue weighted by Gasteiger charge is -2.15. The molecule has 0 aliphatic rings. The Morgan fingerprint density at radius 2 is 1.68 bits per heavy atom. The van der Waals surface area contributed by atoms with Crippen LogP contribution in [0.25, 0.3) is 0 Å². The summed E-state index contributed by atoms with van der Waals surface area (Å²) < 4.78 is 41.0. The van der Waals surface area contributed by atoms with Crippen LogP contribution in [-0.2, 0) is 17.9 Å². The molecule has 31 heavy (non-hydrogen) atoms. The number of nitrogens with one attached hydrogen (secondary N) is 2. The van der Waals surface area contributed by atoms with Crippen LogP contribution in [0.3, 0.4) is 0 Å². The van der Waals surface area contributed by atoms with Crippen molar-refractivity contribution < 1.29 is 23.0 Å². The van der Waals surface area contributed by atoms with Crippen molar-refractivity contribution in [3.63, 3.8) is 0 Å². The molecule has 0 aliphatic heterocycles. The Kier molecular flexibility index (Phi) is 12.2. The maximum Gasteiger partial charge on any atom is 0.411 e. The first-order valence-electron chi connectivity index (χ1n) is 9.45. The third-order valence-electron chi connectivity index (χ3n) is 4.04. The first-order chi connectivity index (χ1) is 14.3. The van der Waals surface area contributed by atoms with Gasteiger partial charge in [-0.15, -0.1) is 24.0 Å². The lowest BCUT2D eigenvalue weighted by atomic mass is 10.1. The Bertz CT molecular complexity index is 803. The molecular formula is C21H26ClF3IN3O2. The van der Waals surface area contributed by atoms with Crippen LogP contribution >= 0.6 is 35.6 Å². The second kappa shape index (κ2) is 13.8. The third kappa shape index (κ3) is 11.0. The van der Waals surface area contributed by atoms with Crippen LogP contribution in [0.2, 0.25) is 5.02 Å². The molecule has 0 aliphatic carbocycles. The average Bonchev–Trinajstić information content (AvgIpc) is 2.70. The van der Waals surface area contributed by atoms with Gasteiger partial charge in [0.05, 0.1) is 19.3 Å². The summed E-state index contributed by atoms with van der Waals surface area (Å²) in [5.41, 5.74) is 2.29. The zero-order valence-corrected chi connectivity index (χ0v) is 20.0. The van der Waals surface area contributed by atoms with Crippen molar-refractivity contribution in [2.45, 2.75) is 32.4 Å². The number of nitrogens with zero attached hydrogens (tertiary/aromatic N) is 1. The average molecular weight is 572 g/mol. The number of alkyl halides is 3. The van der Waals surface area contributed by atoms with Gasteiger partial charge in [-0.1, -0.05) is 48.0 Å². The van der Waals surface area contributed by atoms with Crippen molar-refractivity contribution in [2.24, 2.45) is 4.99 Å². The predicted octanol–water partition coefficient (Wildman–Crippen LogP) is 4.83. The highest BCUT2D eigenvalue weighted by Crippen LogP contribution is 2.17. The van der Waals surface area contributed by atoms with Gasteiger partial charge in [0.2, 0.25) is 0 Å². The summed E-state index contributed by atoms with van der Waals surface area (Å²) in [7, 11) is 0. The zero-order chi connectivity index (χ0) is 22.0. The van der Waals surface area contributed by atoms with Crippen LogP contribution in [0, 0.1) is 0 Å². The quantitative estimate of drug-likeness (QED) is 0.229. The summed E-state index contributed by atoms with van der Waals surface area (Å²) in [6, 6.07) is 14.0. The summed E-state index contributed by atoms with van der Waals surface area (Å²) >= 11 is 5.86. The molecular weight excluding hydrogens is 546 g/mol. The molecule has 2 aromatic rings. The summed E-state index contributed by atoms with van der Waals surface area (Å²) in [6.07, 6.45) is -5.05. The van der Waals surface area contributed by atoms with E-state index in [1.165, 1.54) is 0 Å². The van der Waals surface area contributed by atoms with Crippen molar-refractivity contribution in [2.75, 3.05) is 19.7 Å². The fourth-order valence-electron chi connectivity index (χ4n) is 2.53. The minimum Gasteiger partial charge on any atom is -0.387 e. The van der Waals surface area contributed by atoms with Gasteiger partial charge in [0.15, 0.2) is 5.96 Å². The number of aliphatic hydroxyl groups excluding tert-OH is 1. The number of aliphatic hydroxyl groups is 1. The Labute approximate surface area is 202 Å². The molecule has 3 N–H and O–H groups in total. The molecule has 0 heterocycles. The Balaban J connectivity index is 0.00000480. The molecule has 0 spiro atoms. The van der Waals surface area contributed by atoms with Crippen molar-refractivity contribution in [1.29, 1.82) is 0 Å². The van der Waals surface area contributed by atoms with Gasteiger partial charge in [0, 0.05) is 18.1 Å². The molecule has 172 valence electrons. The third-order valence-corrected chi connectivity index (χ3v) is 4.29. The van der Waals surface area contributed by atoms with Gasteiger partial charge in [-0.3, -0.25) is 0 Å². The molecule has 0 aromatic heterocycles. The fourth-order valence-corrected chi connectivity index (χ4v) is 2.66. The normalized spacial score (nSPS) is 12.8. The van der Waals surface area contributed by atoms with Gasteiger partial charge in [-0.2, -0.15) is 13.2 Å². The SMILES string of the molecule is CCNC(=NCc1ccc(COCC(F)(F)F)cc1)NCC(O)c1ccc(Cl)cc1.I. The molecule has 0 saturated heterocycles. The first kappa shape index (κ1) is 27.5. The van der Waals surface area contributed by atoms with E-state index >= 15 is 0 Å². The van der Waals surface area contributed by atoms with Crippen LogP contribution in [0.15, 0.2) is 53.5 Å². The maximum absolute atomic E-state index is 12.1. The molecule has 5 nitrogen and oxygen atoms in total. The fraction of sp³-hybridized carbons (Fsp3) is 0.381. The van der Waals surface area contributed by atoms with E-state index in [-0.39, 0.29) is 37.1 Å². The van der Waals surface area contributed by atoms with Gasteiger partial charge in [0.25, 0.3) is 0 Å². The molecule has 0 saturated carbocycles. The monoisotopic (exact) mass is 571 g/mol. The zero-order valence-electron chi connectivity index (χ0n) is 17.0. The highest BCUT2D eigenvalue weighted by molar-refractivity contribution is 14.0. The number of benzene rings is 2. The van der Waals surface area contributed by atoms with Crippen LogP contribution < -0.4 is 10.6 Å². The predicted molar refractivity (Wildman–Crippen MR) is 127 cm³/mol. The van der Waals surface area contributed by atoms with Crippen LogP contribution in [0.4, 0.5) is 13.2 Å². The minimum absolute atomic E-state index is 0. The lowest BCUT2D eigenvalue weighted by molar-refractivity contribution is -0.176. The highest BCUT2D eigenvalue weighted by Gasteiger charge is 2.27. The second-order valence-corrected chi connectivity index (χ2v) is 7.00. The standard InChI is InChI=1S/C21H25ClF3N3O2.HI/c1-2-26-20(28-12-19(29)17-7-9-18(22)10-8-17)27-11-15-3-5-16(6-4-15)13-30-14-21(23,24)25;/h3-10,19,29H,2,11-14H2,1H3,(H2,26,27,28);1H. The van der Waals surface area contributed by atoms with Crippen molar-refractivity contribution in [1.82, 2.24) is 10.6 Å². The van der Waals surface area contributed by atoms with Gasteiger partial charge in [-0.25, -0.2) is 4.99 Å². The maximum atomic E-state index is 12.1. The molecule has 0 bridgehead atoms. The molecule has 2 aromatic carbocycles. The molecule has 2 rings (SSSR count). The van der Waals surface area contributed by atoms with E-state index in [4.69, 9.17) is 11.6 Å². The van der Waals surface area contributed by atoms with Crippen LogP contribution in [0.1, 0.15) is 29.7 Å².